The highest BCUT2D eigenvalue weighted by atomic mass is 16.6. The average Bonchev–Trinajstić information content (AvgIpc) is 2.97. The van der Waals surface area contributed by atoms with E-state index in [1.807, 2.05) is 0 Å². The van der Waals surface area contributed by atoms with Gasteiger partial charge in [0.25, 0.3) is 5.69 Å². The fourth-order valence-electron chi connectivity index (χ4n) is 3.56. The number of fused-ring (bicyclic) bond motifs is 1. The molecule has 10 nitrogen and oxygen atoms in total. The Morgan fingerprint density at radius 2 is 1.72 bits per heavy atom. The number of hydrogen-bond donors (Lipinski definition) is 1. The largest absolute Gasteiger partial charge is 0.463 e. The molecule has 168 valence electrons. The molecule has 0 saturated heterocycles. The predicted molar refractivity (Wildman–Crippen MR) is 117 cm³/mol. The van der Waals surface area contributed by atoms with Crippen molar-refractivity contribution in [3.05, 3.63) is 74.7 Å². The molecule has 0 radical (unpaired) electrons. The van der Waals surface area contributed by atoms with E-state index in [0.717, 1.165) is 0 Å². The molecule has 1 atom stereocenters. The van der Waals surface area contributed by atoms with Gasteiger partial charge in [-0.25, -0.2) is 4.79 Å². The second-order valence-electron chi connectivity index (χ2n) is 7.60. The number of para-hydroxylation sites is 3. The van der Waals surface area contributed by atoms with Crippen molar-refractivity contribution in [1.82, 2.24) is 14.5 Å². The molecule has 1 unspecified atom stereocenters. The van der Waals surface area contributed by atoms with E-state index in [1.165, 1.54) is 27.3 Å². The van der Waals surface area contributed by atoms with Crippen LogP contribution < -0.4 is 11.0 Å². The lowest BCUT2D eigenvalue weighted by molar-refractivity contribution is -0.385. The minimum Gasteiger partial charge on any atom is -0.463 e. The third kappa shape index (κ3) is 4.85. The number of aromatic nitrogens is 2. The summed E-state index contributed by atoms with van der Waals surface area (Å²) in [6.45, 7) is 3.06. The first kappa shape index (κ1) is 22.7. The summed E-state index contributed by atoms with van der Waals surface area (Å²) in [7, 11) is 1.61. The molecule has 1 aromatic heterocycles. The van der Waals surface area contributed by atoms with E-state index < -0.39 is 22.8 Å². The molecule has 1 N–H and O–H groups in total. The number of hydrogen-bond acceptors (Lipinski definition) is 6. The zero-order valence-corrected chi connectivity index (χ0v) is 18.0. The van der Waals surface area contributed by atoms with Gasteiger partial charge in [0.05, 0.1) is 40.1 Å². The van der Waals surface area contributed by atoms with E-state index in [-0.39, 0.29) is 36.0 Å². The Balaban J connectivity index is 1.91. The second kappa shape index (κ2) is 9.46. The zero-order chi connectivity index (χ0) is 23.4. The van der Waals surface area contributed by atoms with Crippen molar-refractivity contribution in [3.63, 3.8) is 0 Å². The standard InChI is InChI=1S/C22H24N4O6/c1-14(2)32-21(28)12-16(15-8-4-5-9-17(15)26(30)31)23-20(27)13-25-19-11-7-6-10-18(19)24(3)22(25)29/h4-11,14,16H,12-13H2,1-3H3,(H,23,27). The molecular weight excluding hydrogens is 416 g/mol. The predicted octanol–water partition coefficient (Wildman–Crippen LogP) is 2.45. The Morgan fingerprint density at radius 3 is 2.38 bits per heavy atom. The summed E-state index contributed by atoms with van der Waals surface area (Å²) in [5, 5.41) is 14.2. The zero-order valence-electron chi connectivity index (χ0n) is 18.0. The van der Waals surface area contributed by atoms with Gasteiger partial charge >= 0.3 is 11.7 Å². The van der Waals surface area contributed by atoms with Gasteiger partial charge in [-0.05, 0) is 26.0 Å². The van der Waals surface area contributed by atoms with Crippen molar-refractivity contribution in [2.45, 2.75) is 39.0 Å². The average molecular weight is 440 g/mol. The summed E-state index contributed by atoms with van der Waals surface area (Å²) < 4.78 is 7.91. The number of esters is 1. The van der Waals surface area contributed by atoms with E-state index in [1.54, 1.807) is 51.2 Å². The lowest BCUT2D eigenvalue weighted by Crippen LogP contribution is -2.36. The van der Waals surface area contributed by atoms with Crippen molar-refractivity contribution in [2.75, 3.05) is 0 Å². The molecule has 10 heteroatoms. The number of nitrogens with one attached hydrogen (secondary N) is 1. The Bertz CT molecular complexity index is 1230. The van der Waals surface area contributed by atoms with Gasteiger partial charge in [0.15, 0.2) is 0 Å². The molecular formula is C22H24N4O6. The molecule has 1 amide bonds. The van der Waals surface area contributed by atoms with Crippen LogP contribution in [0.1, 0.15) is 31.9 Å². The summed E-state index contributed by atoms with van der Waals surface area (Å²) in [6, 6.07) is 11.9. The van der Waals surface area contributed by atoms with Crippen LogP contribution >= 0.6 is 0 Å². The summed E-state index contributed by atoms with van der Waals surface area (Å²) in [6.07, 6.45) is -0.668. The summed E-state index contributed by atoms with van der Waals surface area (Å²) in [5.41, 5.74) is 0.828. The van der Waals surface area contributed by atoms with E-state index in [0.29, 0.717) is 11.0 Å². The minimum atomic E-state index is -0.999. The van der Waals surface area contributed by atoms with Crippen LogP contribution in [0.3, 0.4) is 0 Å². The number of rotatable bonds is 8. The van der Waals surface area contributed by atoms with E-state index in [2.05, 4.69) is 5.32 Å². The van der Waals surface area contributed by atoms with Gasteiger partial charge in [0.1, 0.15) is 6.54 Å². The van der Waals surface area contributed by atoms with Crippen molar-refractivity contribution >= 4 is 28.6 Å². The topological polar surface area (TPSA) is 125 Å². The number of nitro benzene ring substituents is 1. The van der Waals surface area contributed by atoms with Gasteiger partial charge in [-0.2, -0.15) is 0 Å². The smallest absolute Gasteiger partial charge is 0.329 e. The number of aryl methyl sites for hydroxylation is 1. The molecule has 3 aromatic rings. The number of nitrogens with zero attached hydrogens (tertiary/aromatic N) is 3. The molecule has 0 aliphatic rings. The Hall–Kier alpha value is -3.95. The molecule has 32 heavy (non-hydrogen) atoms. The third-order valence-corrected chi connectivity index (χ3v) is 4.94. The molecule has 0 aliphatic heterocycles. The maximum absolute atomic E-state index is 12.9. The first-order valence-corrected chi connectivity index (χ1v) is 10.1. The van der Waals surface area contributed by atoms with Crippen LogP contribution in [-0.2, 0) is 27.9 Å². The van der Waals surface area contributed by atoms with Crippen LogP contribution in [0, 0.1) is 10.1 Å². The van der Waals surface area contributed by atoms with Gasteiger partial charge in [-0.3, -0.25) is 28.8 Å². The summed E-state index contributed by atoms with van der Waals surface area (Å²) >= 11 is 0. The van der Waals surface area contributed by atoms with Crippen molar-refractivity contribution in [1.29, 1.82) is 0 Å². The van der Waals surface area contributed by atoms with Crippen molar-refractivity contribution in [3.8, 4) is 0 Å². The number of amides is 1. The third-order valence-electron chi connectivity index (χ3n) is 4.94. The quantitative estimate of drug-likeness (QED) is 0.326. The van der Waals surface area contributed by atoms with E-state index in [9.17, 15) is 24.5 Å². The fourth-order valence-corrected chi connectivity index (χ4v) is 3.56. The number of nitro groups is 1. The number of ether oxygens (including phenoxy) is 1. The number of carbonyl (C=O) groups is 2. The van der Waals surface area contributed by atoms with Crippen molar-refractivity contribution < 1.29 is 19.2 Å². The fraction of sp³-hybridized carbons (Fsp3) is 0.318. The monoisotopic (exact) mass is 440 g/mol. The SMILES string of the molecule is CC(C)OC(=O)CC(NC(=O)Cn1c(=O)n(C)c2ccccc21)c1ccccc1[N+](=O)[O-]. The maximum atomic E-state index is 12.9. The Morgan fingerprint density at radius 1 is 1.09 bits per heavy atom. The highest BCUT2D eigenvalue weighted by Gasteiger charge is 2.27. The molecule has 1 heterocycles. The van der Waals surface area contributed by atoms with Crippen molar-refractivity contribution in [2.24, 2.45) is 7.05 Å². The molecule has 0 saturated carbocycles. The van der Waals surface area contributed by atoms with Crippen LogP contribution in [-0.4, -0.2) is 32.0 Å². The highest BCUT2D eigenvalue weighted by molar-refractivity contribution is 5.82. The molecule has 0 bridgehead atoms. The minimum absolute atomic E-state index is 0.178. The maximum Gasteiger partial charge on any atom is 0.329 e. The summed E-state index contributed by atoms with van der Waals surface area (Å²) in [4.78, 5) is 48.7. The van der Waals surface area contributed by atoms with Gasteiger partial charge in [-0.1, -0.05) is 30.3 Å². The highest BCUT2D eigenvalue weighted by Crippen LogP contribution is 2.27. The van der Waals surface area contributed by atoms with Crippen LogP contribution in [0.25, 0.3) is 11.0 Å². The Kier molecular flexibility index (Phi) is 6.72. The molecule has 3 rings (SSSR count). The van der Waals surface area contributed by atoms with Gasteiger partial charge < -0.3 is 10.1 Å². The van der Waals surface area contributed by atoms with Crippen LogP contribution in [0.5, 0.6) is 0 Å². The number of imidazole rings is 1. The van der Waals surface area contributed by atoms with Crippen LogP contribution in [0.4, 0.5) is 5.69 Å². The summed E-state index contributed by atoms with van der Waals surface area (Å²) in [5.74, 6) is -1.17. The molecule has 0 aliphatic carbocycles. The van der Waals surface area contributed by atoms with Gasteiger partial charge in [0.2, 0.25) is 5.91 Å². The normalized spacial score (nSPS) is 12.0. The first-order valence-electron chi connectivity index (χ1n) is 10.1. The number of carbonyl (C=O) groups excluding carboxylic acids is 2. The lowest BCUT2D eigenvalue weighted by Gasteiger charge is -2.19. The van der Waals surface area contributed by atoms with E-state index in [4.69, 9.17) is 4.74 Å². The number of benzene rings is 2. The van der Waals surface area contributed by atoms with E-state index >= 15 is 0 Å². The molecule has 0 spiro atoms. The molecule has 2 aromatic carbocycles. The Labute approximate surface area is 183 Å². The van der Waals surface area contributed by atoms with Crippen LogP contribution in [0.2, 0.25) is 0 Å². The first-order chi connectivity index (χ1) is 15.2. The van der Waals surface area contributed by atoms with Crippen LogP contribution in [0.15, 0.2) is 53.3 Å². The lowest BCUT2D eigenvalue weighted by atomic mass is 10.0. The second-order valence-corrected chi connectivity index (χ2v) is 7.60. The van der Waals surface area contributed by atoms with Gasteiger partial charge in [-0.15, -0.1) is 0 Å². The molecule has 0 fully saturated rings. The van der Waals surface area contributed by atoms with Gasteiger partial charge in [0, 0.05) is 13.1 Å².